The van der Waals surface area contributed by atoms with E-state index in [0.29, 0.717) is 17.9 Å². The topological polar surface area (TPSA) is 65.1 Å². The number of carbonyl (C=O) groups excluding carboxylic acids is 1. The van der Waals surface area contributed by atoms with Gasteiger partial charge in [-0.25, -0.2) is 4.98 Å². The Morgan fingerprint density at radius 1 is 1.24 bits per heavy atom. The van der Waals surface area contributed by atoms with Crippen molar-refractivity contribution < 1.29 is 4.79 Å². The molecule has 1 aromatic rings. The second-order valence-electron chi connectivity index (χ2n) is 7.35. The Labute approximate surface area is 125 Å². The highest BCUT2D eigenvalue weighted by atomic mass is 16.2. The monoisotopic (exact) mass is 291 g/mol. The van der Waals surface area contributed by atoms with Crippen LogP contribution in [0, 0.1) is 0 Å². The minimum absolute atomic E-state index is 0.0392. The molecule has 6 heteroatoms. The van der Waals surface area contributed by atoms with E-state index in [1.165, 1.54) is 12.8 Å². The molecule has 3 heterocycles. The van der Waals surface area contributed by atoms with Crippen LogP contribution in [0.2, 0.25) is 0 Å². The molecule has 2 aliphatic rings. The molecule has 0 saturated carbocycles. The summed E-state index contributed by atoms with van der Waals surface area (Å²) in [7, 11) is 2.18. The van der Waals surface area contributed by atoms with Gasteiger partial charge in [0, 0.05) is 30.6 Å². The fourth-order valence-corrected chi connectivity index (χ4v) is 3.33. The first kappa shape index (κ1) is 14.5. The van der Waals surface area contributed by atoms with E-state index < -0.39 is 0 Å². The number of rotatable bonds is 1. The predicted molar refractivity (Wildman–Crippen MR) is 80.2 cm³/mol. The Balaban J connectivity index is 1.75. The molecule has 2 unspecified atom stereocenters. The zero-order chi connectivity index (χ0) is 15.2. The van der Waals surface area contributed by atoms with Crippen molar-refractivity contribution in [2.45, 2.75) is 57.5 Å². The summed E-state index contributed by atoms with van der Waals surface area (Å²) < 4.78 is 0. The molecule has 1 aromatic heterocycles. The van der Waals surface area contributed by atoms with Crippen LogP contribution in [0.25, 0.3) is 0 Å². The van der Waals surface area contributed by atoms with Crippen molar-refractivity contribution in [3.8, 4) is 0 Å². The number of nitrogens with one attached hydrogen (secondary N) is 1. The molecule has 3 rings (SSSR count). The molecule has 2 atom stereocenters. The summed E-state index contributed by atoms with van der Waals surface area (Å²) in [5.74, 6) is 1.03. The van der Waals surface area contributed by atoms with Crippen LogP contribution in [0.15, 0.2) is 0 Å². The summed E-state index contributed by atoms with van der Waals surface area (Å²) in [5, 5.41) is 7.03. The van der Waals surface area contributed by atoms with Crippen LogP contribution in [-0.2, 0) is 5.41 Å². The molecule has 1 amide bonds. The van der Waals surface area contributed by atoms with Crippen LogP contribution >= 0.6 is 0 Å². The van der Waals surface area contributed by atoms with E-state index in [9.17, 15) is 4.79 Å². The molecule has 2 fully saturated rings. The fraction of sp³-hybridized carbons (Fsp3) is 0.800. The van der Waals surface area contributed by atoms with Crippen LogP contribution in [0.4, 0.5) is 0 Å². The van der Waals surface area contributed by atoms with Crippen LogP contribution in [-0.4, -0.2) is 63.1 Å². The molecule has 6 nitrogen and oxygen atoms in total. The average Bonchev–Trinajstić information content (AvgIpc) is 2.95. The number of amides is 1. The number of carbonyl (C=O) groups is 1. The molecule has 2 saturated heterocycles. The molecular weight excluding hydrogens is 266 g/mol. The van der Waals surface area contributed by atoms with E-state index in [1.807, 2.05) is 4.90 Å². The summed E-state index contributed by atoms with van der Waals surface area (Å²) in [4.78, 5) is 21.4. The maximum absolute atomic E-state index is 12.6. The summed E-state index contributed by atoms with van der Waals surface area (Å²) >= 11 is 0. The molecule has 2 bridgehead atoms. The zero-order valence-corrected chi connectivity index (χ0v) is 13.4. The highest BCUT2D eigenvalue weighted by Gasteiger charge is 2.37. The van der Waals surface area contributed by atoms with Crippen molar-refractivity contribution in [2.24, 2.45) is 0 Å². The van der Waals surface area contributed by atoms with Gasteiger partial charge in [0.05, 0.1) is 0 Å². The highest BCUT2D eigenvalue weighted by molar-refractivity contribution is 5.90. The smallest absolute Gasteiger partial charge is 0.293 e. The number of hydrogen-bond acceptors (Lipinski definition) is 4. The van der Waals surface area contributed by atoms with E-state index in [1.54, 1.807) is 0 Å². The van der Waals surface area contributed by atoms with Crippen molar-refractivity contribution >= 4 is 5.91 Å². The third kappa shape index (κ3) is 2.69. The van der Waals surface area contributed by atoms with Crippen molar-refractivity contribution in [2.75, 3.05) is 20.1 Å². The Hall–Kier alpha value is -1.43. The lowest BCUT2D eigenvalue weighted by molar-refractivity contribution is 0.0728. The molecule has 116 valence electrons. The van der Waals surface area contributed by atoms with Gasteiger partial charge in [-0.05, 0) is 26.3 Å². The van der Waals surface area contributed by atoms with Crippen molar-refractivity contribution in [1.82, 2.24) is 25.0 Å². The van der Waals surface area contributed by atoms with Crippen LogP contribution in [0.1, 0.15) is 56.5 Å². The Kier molecular flexibility index (Phi) is 3.51. The van der Waals surface area contributed by atoms with Gasteiger partial charge in [-0.2, -0.15) is 0 Å². The second-order valence-corrected chi connectivity index (χ2v) is 7.35. The van der Waals surface area contributed by atoms with Crippen molar-refractivity contribution in [3.05, 3.63) is 11.6 Å². The van der Waals surface area contributed by atoms with Crippen LogP contribution < -0.4 is 0 Å². The van der Waals surface area contributed by atoms with Gasteiger partial charge in [-0.15, -0.1) is 5.10 Å². The van der Waals surface area contributed by atoms with Crippen LogP contribution in [0.3, 0.4) is 0 Å². The number of likely N-dealkylation sites (N-methyl/N-ethyl adjacent to an activating group) is 1. The van der Waals surface area contributed by atoms with E-state index in [-0.39, 0.29) is 11.3 Å². The van der Waals surface area contributed by atoms with Gasteiger partial charge in [0.15, 0.2) is 0 Å². The largest absolute Gasteiger partial charge is 0.334 e. The summed E-state index contributed by atoms with van der Waals surface area (Å²) in [6, 6.07) is 1.12. The summed E-state index contributed by atoms with van der Waals surface area (Å²) in [6.07, 6.45) is 3.50. The number of aromatic amines is 1. The van der Waals surface area contributed by atoms with Gasteiger partial charge in [0.2, 0.25) is 5.82 Å². The quantitative estimate of drug-likeness (QED) is 0.849. The number of aromatic nitrogens is 3. The van der Waals surface area contributed by atoms with Gasteiger partial charge in [-0.3, -0.25) is 14.8 Å². The molecule has 21 heavy (non-hydrogen) atoms. The normalized spacial score (nSPS) is 27.0. The highest BCUT2D eigenvalue weighted by Crippen LogP contribution is 2.29. The molecular formula is C15H25N5O. The summed E-state index contributed by atoms with van der Waals surface area (Å²) in [6.45, 7) is 7.78. The maximum Gasteiger partial charge on any atom is 0.293 e. The minimum Gasteiger partial charge on any atom is -0.334 e. The molecule has 2 aliphatic heterocycles. The van der Waals surface area contributed by atoms with Crippen molar-refractivity contribution in [1.29, 1.82) is 0 Å². The first-order valence-electron chi connectivity index (χ1n) is 7.80. The molecule has 1 N–H and O–H groups in total. The third-order valence-corrected chi connectivity index (χ3v) is 4.82. The Morgan fingerprint density at radius 2 is 1.95 bits per heavy atom. The minimum atomic E-state index is -0.121. The number of H-pyrrole nitrogens is 1. The lowest BCUT2D eigenvalue weighted by atomic mass is 9.96. The average molecular weight is 291 g/mol. The second kappa shape index (κ2) is 5.09. The number of nitrogens with zero attached hydrogens (tertiary/aromatic N) is 4. The van der Waals surface area contributed by atoms with Gasteiger partial charge in [0.25, 0.3) is 5.91 Å². The predicted octanol–water partition coefficient (Wildman–Crippen LogP) is 1.41. The summed E-state index contributed by atoms with van der Waals surface area (Å²) in [5.41, 5.74) is -0.121. The third-order valence-electron chi connectivity index (χ3n) is 4.82. The lowest BCUT2D eigenvalue weighted by Crippen LogP contribution is -2.40. The Morgan fingerprint density at radius 3 is 2.62 bits per heavy atom. The Bertz CT molecular complexity index is 532. The first-order chi connectivity index (χ1) is 9.86. The van der Waals surface area contributed by atoms with Gasteiger partial charge < -0.3 is 4.90 Å². The van der Waals surface area contributed by atoms with Gasteiger partial charge in [-0.1, -0.05) is 20.8 Å². The van der Waals surface area contributed by atoms with E-state index in [4.69, 9.17) is 0 Å². The maximum atomic E-state index is 12.6. The van der Waals surface area contributed by atoms with E-state index >= 15 is 0 Å². The molecule has 0 aromatic carbocycles. The van der Waals surface area contributed by atoms with Crippen molar-refractivity contribution in [3.63, 3.8) is 0 Å². The number of hydrogen-bond donors (Lipinski definition) is 1. The standard InChI is InChI=1S/C15H25N5O/c1-15(2,3)14-16-12(17-18-14)13(21)20-8-7-10-5-6-11(9-20)19(10)4/h10-11H,5-9H2,1-4H3,(H,16,17,18). The number of fused-ring (bicyclic) bond motifs is 2. The lowest BCUT2D eigenvalue weighted by Gasteiger charge is -2.24. The number of likely N-dealkylation sites (tertiary alicyclic amines) is 1. The van der Waals surface area contributed by atoms with Gasteiger partial charge in [0.1, 0.15) is 5.82 Å². The first-order valence-corrected chi connectivity index (χ1v) is 7.80. The van der Waals surface area contributed by atoms with E-state index in [0.717, 1.165) is 25.3 Å². The zero-order valence-electron chi connectivity index (χ0n) is 13.4. The molecule has 0 spiro atoms. The molecule has 0 aliphatic carbocycles. The SMILES string of the molecule is CN1C2CCC1CN(C(=O)c1n[nH]c(C(C)(C)C)n1)CC2. The molecule has 0 radical (unpaired) electrons. The van der Waals surface area contributed by atoms with Crippen LogP contribution in [0.5, 0.6) is 0 Å². The fourth-order valence-electron chi connectivity index (χ4n) is 3.33. The van der Waals surface area contributed by atoms with E-state index in [2.05, 4.69) is 47.9 Å². The van der Waals surface area contributed by atoms with Gasteiger partial charge >= 0.3 is 0 Å².